The van der Waals surface area contributed by atoms with Gasteiger partial charge in [-0.25, -0.2) is 0 Å². The van der Waals surface area contributed by atoms with E-state index in [1.165, 1.54) is 6.20 Å². The van der Waals surface area contributed by atoms with Crippen molar-refractivity contribution in [3.8, 4) is 17.2 Å². The molecule has 1 aromatic carbocycles. The molecule has 2 aromatic rings. The van der Waals surface area contributed by atoms with E-state index in [1.54, 1.807) is 43.2 Å². The molecule has 0 fully saturated rings. The second kappa shape index (κ2) is 7.31. The van der Waals surface area contributed by atoms with Crippen LogP contribution in [0.2, 0.25) is 0 Å². The SMILES string of the molecule is COc1ccc(CNC(=O)C[n+]2cccc(O)c2)cc1OC. The van der Waals surface area contributed by atoms with Crippen LogP contribution >= 0.6 is 0 Å². The van der Waals surface area contributed by atoms with Gasteiger partial charge in [0.1, 0.15) is 0 Å². The number of methoxy groups -OCH3 is 2. The molecule has 0 aliphatic heterocycles. The van der Waals surface area contributed by atoms with Crippen molar-refractivity contribution in [3.05, 3.63) is 48.3 Å². The smallest absolute Gasteiger partial charge is 0.286 e. The van der Waals surface area contributed by atoms with E-state index in [0.717, 1.165) is 5.56 Å². The van der Waals surface area contributed by atoms with Gasteiger partial charge in [-0.05, 0) is 23.8 Å². The quantitative estimate of drug-likeness (QED) is 0.781. The molecule has 0 aliphatic carbocycles. The van der Waals surface area contributed by atoms with Crippen molar-refractivity contribution < 1.29 is 23.9 Å². The van der Waals surface area contributed by atoms with Gasteiger partial charge < -0.3 is 19.9 Å². The summed E-state index contributed by atoms with van der Waals surface area (Å²) in [5.41, 5.74) is 0.909. The standard InChI is InChI=1S/C16H18N2O4/c1-21-14-6-5-12(8-15(14)22-2)9-17-16(20)11-18-7-3-4-13(19)10-18/h3-8,10H,9,11H2,1-2H3,(H-,17,19,20)/p+1. The highest BCUT2D eigenvalue weighted by atomic mass is 16.5. The minimum atomic E-state index is -0.148. The van der Waals surface area contributed by atoms with Crippen LogP contribution in [0.3, 0.4) is 0 Å². The fourth-order valence-corrected chi connectivity index (χ4v) is 2.02. The molecule has 0 aliphatic rings. The molecule has 2 N–H and O–H groups in total. The van der Waals surface area contributed by atoms with Crippen molar-refractivity contribution in [1.29, 1.82) is 0 Å². The van der Waals surface area contributed by atoms with Crippen LogP contribution in [0.15, 0.2) is 42.7 Å². The van der Waals surface area contributed by atoms with Crippen LogP contribution in [0.25, 0.3) is 0 Å². The summed E-state index contributed by atoms with van der Waals surface area (Å²) in [6, 6.07) is 8.71. The molecule has 6 nitrogen and oxygen atoms in total. The van der Waals surface area contributed by atoms with Crippen molar-refractivity contribution >= 4 is 5.91 Å². The van der Waals surface area contributed by atoms with E-state index in [2.05, 4.69) is 5.32 Å². The Hall–Kier alpha value is -2.76. The Labute approximate surface area is 128 Å². The highest BCUT2D eigenvalue weighted by molar-refractivity contribution is 5.74. The third kappa shape index (κ3) is 4.12. The Morgan fingerprint density at radius 2 is 2.00 bits per heavy atom. The van der Waals surface area contributed by atoms with Gasteiger partial charge in [-0.3, -0.25) is 4.79 Å². The third-order valence-electron chi connectivity index (χ3n) is 3.11. The minimum Gasteiger partial charge on any atom is -0.503 e. The number of carbonyl (C=O) groups excluding carboxylic acids is 1. The van der Waals surface area contributed by atoms with Gasteiger partial charge in [-0.2, -0.15) is 4.57 Å². The molecule has 1 amide bonds. The average molecular weight is 303 g/mol. The maximum absolute atomic E-state index is 11.9. The number of pyridine rings is 1. The fraction of sp³-hybridized carbons (Fsp3) is 0.250. The Morgan fingerprint density at radius 1 is 1.23 bits per heavy atom. The highest BCUT2D eigenvalue weighted by Crippen LogP contribution is 2.27. The van der Waals surface area contributed by atoms with Crippen LogP contribution in [0.4, 0.5) is 0 Å². The molecule has 1 heterocycles. The Morgan fingerprint density at radius 3 is 2.68 bits per heavy atom. The number of nitrogens with one attached hydrogen (secondary N) is 1. The summed E-state index contributed by atoms with van der Waals surface area (Å²) in [6.07, 6.45) is 3.21. The minimum absolute atomic E-state index is 0.121. The lowest BCUT2D eigenvalue weighted by molar-refractivity contribution is -0.684. The lowest BCUT2D eigenvalue weighted by Crippen LogP contribution is -2.42. The van der Waals surface area contributed by atoms with Crippen LogP contribution in [-0.4, -0.2) is 25.2 Å². The number of amides is 1. The first-order valence-electron chi connectivity index (χ1n) is 6.78. The molecule has 1 aromatic heterocycles. The molecule has 0 atom stereocenters. The van der Waals surface area contributed by atoms with E-state index in [0.29, 0.717) is 18.0 Å². The molecule has 6 heteroatoms. The maximum atomic E-state index is 11.9. The van der Waals surface area contributed by atoms with Crippen LogP contribution in [0.5, 0.6) is 17.2 Å². The van der Waals surface area contributed by atoms with Crippen LogP contribution in [0, 0.1) is 0 Å². The number of aromatic hydroxyl groups is 1. The normalized spacial score (nSPS) is 10.1. The number of aromatic nitrogens is 1. The summed E-state index contributed by atoms with van der Waals surface area (Å²) < 4.78 is 12.0. The number of benzene rings is 1. The number of hydrogen-bond donors (Lipinski definition) is 2. The van der Waals surface area contributed by atoms with E-state index in [4.69, 9.17) is 9.47 Å². The van der Waals surface area contributed by atoms with Crippen molar-refractivity contribution in [1.82, 2.24) is 5.32 Å². The summed E-state index contributed by atoms with van der Waals surface area (Å²) in [5.74, 6) is 1.24. The van der Waals surface area contributed by atoms with Gasteiger partial charge in [-0.1, -0.05) is 6.07 Å². The second-order valence-corrected chi connectivity index (χ2v) is 4.70. The first kappa shape index (κ1) is 15.6. The van der Waals surface area contributed by atoms with E-state index >= 15 is 0 Å². The molecular weight excluding hydrogens is 284 g/mol. The monoisotopic (exact) mass is 303 g/mol. The van der Waals surface area contributed by atoms with Gasteiger partial charge in [0.15, 0.2) is 23.4 Å². The van der Waals surface area contributed by atoms with Crippen molar-refractivity contribution in [2.45, 2.75) is 13.1 Å². The summed E-state index contributed by atoms with van der Waals surface area (Å²) in [5, 5.41) is 12.2. The number of ether oxygens (including phenoxy) is 2. The fourth-order valence-electron chi connectivity index (χ4n) is 2.02. The maximum Gasteiger partial charge on any atom is 0.286 e. The van der Waals surface area contributed by atoms with E-state index in [1.807, 2.05) is 12.1 Å². The zero-order valence-electron chi connectivity index (χ0n) is 12.6. The Kier molecular flexibility index (Phi) is 5.19. The molecule has 0 saturated carbocycles. The lowest BCUT2D eigenvalue weighted by Gasteiger charge is -2.10. The summed E-state index contributed by atoms with van der Waals surface area (Å²) in [6.45, 7) is 0.528. The van der Waals surface area contributed by atoms with Crippen LogP contribution in [0.1, 0.15) is 5.56 Å². The van der Waals surface area contributed by atoms with E-state index < -0.39 is 0 Å². The van der Waals surface area contributed by atoms with Gasteiger partial charge >= 0.3 is 0 Å². The predicted molar refractivity (Wildman–Crippen MR) is 79.7 cm³/mol. The molecule has 2 rings (SSSR count). The molecular formula is C16H19N2O4+. The molecule has 0 bridgehead atoms. The predicted octanol–water partition coefficient (Wildman–Crippen LogP) is 1.01. The molecule has 116 valence electrons. The first-order chi connectivity index (χ1) is 10.6. The number of nitrogens with zero attached hydrogens (tertiary/aromatic N) is 1. The Balaban J connectivity index is 1.93. The van der Waals surface area contributed by atoms with Crippen molar-refractivity contribution in [2.24, 2.45) is 0 Å². The zero-order valence-corrected chi connectivity index (χ0v) is 12.6. The number of rotatable bonds is 6. The van der Waals surface area contributed by atoms with Gasteiger partial charge in [-0.15, -0.1) is 0 Å². The lowest BCUT2D eigenvalue weighted by atomic mass is 10.2. The van der Waals surface area contributed by atoms with Gasteiger partial charge in [0.05, 0.1) is 14.2 Å². The van der Waals surface area contributed by atoms with Crippen LogP contribution in [-0.2, 0) is 17.9 Å². The second-order valence-electron chi connectivity index (χ2n) is 4.70. The largest absolute Gasteiger partial charge is 0.503 e. The Bertz CT molecular complexity index is 658. The molecule has 22 heavy (non-hydrogen) atoms. The molecule has 0 spiro atoms. The topological polar surface area (TPSA) is 71.7 Å². The summed E-state index contributed by atoms with van der Waals surface area (Å²) >= 11 is 0. The number of carbonyl (C=O) groups is 1. The van der Waals surface area contributed by atoms with Gasteiger partial charge in [0.25, 0.3) is 5.91 Å². The number of hydrogen-bond acceptors (Lipinski definition) is 4. The average Bonchev–Trinajstić information content (AvgIpc) is 2.52. The first-order valence-corrected chi connectivity index (χ1v) is 6.78. The van der Waals surface area contributed by atoms with E-state index in [9.17, 15) is 9.90 Å². The van der Waals surface area contributed by atoms with Crippen molar-refractivity contribution in [2.75, 3.05) is 14.2 Å². The van der Waals surface area contributed by atoms with Gasteiger partial charge in [0, 0.05) is 12.6 Å². The molecule has 0 unspecified atom stereocenters. The van der Waals surface area contributed by atoms with Crippen LogP contribution < -0.4 is 19.4 Å². The summed E-state index contributed by atoms with van der Waals surface area (Å²) in [4.78, 5) is 11.9. The highest BCUT2D eigenvalue weighted by Gasteiger charge is 2.10. The van der Waals surface area contributed by atoms with Crippen molar-refractivity contribution in [3.63, 3.8) is 0 Å². The molecule has 0 radical (unpaired) electrons. The van der Waals surface area contributed by atoms with E-state index in [-0.39, 0.29) is 18.2 Å². The molecule has 0 saturated heterocycles. The van der Waals surface area contributed by atoms with Gasteiger partial charge in [0.2, 0.25) is 12.7 Å². The summed E-state index contributed by atoms with van der Waals surface area (Å²) in [7, 11) is 3.14. The zero-order chi connectivity index (χ0) is 15.9. The third-order valence-corrected chi connectivity index (χ3v) is 3.11.